The van der Waals surface area contributed by atoms with Crippen molar-refractivity contribution in [2.24, 2.45) is 0 Å². The van der Waals surface area contributed by atoms with Crippen molar-refractivity contribution in [2.45, 2.75) is 45.9 Å². The van der Waals surface area contributed by atoms with Crippen molar-refractivity contribution >= 4 is 8.32 Å². The first-order chi connectivity index (χ1) is 5.81. The molecule has 1 heterocycles. The molecule has 0 saturated carbocycles. The van der Waals surface area contributed by atoms with Crippen LogP contribution in [0, 0.1) is 0 Å². The first kappa shape index (κ1) is 10.8. The molecule has 13 heavy (non-hydrogen) atoms. The summed E-state index contributed by atoms with van der Waals surface area (Å²) in [5.74, 6) is 0. The highest BCUT2D eigenvalue weighted by Crippen LogP contribution is 2.26. The van der Waals surface area contributed by atoms with E-state index in [-0.39, 0.29) is 5.60 Å². The van der Waals surface area contributed by atoms with Crippen LogP contribution in [-0.2, 0) is 9.16 Å². The van der Waals surface area contributed by atoms with E-state index in [4.69, 9.17) is 9.16 Å². The van der Waals surface area contributed by atoms with Gasteiger partial charge in [-0.05, 0) is 39.9 Å². The molecule has 0 aliphatic carbocycles. The summed E-state index contributed by atoms with van der Waals surface area (Å²) in [6, 6.07) is 0. The van der Waals surface area contributed by atoms with E-state index in [0.717, 1.165) is 18.4 Å². The van der Waals surface area contributed by atoms with Gasteiger partial charge in [0.15, 0.2) is 0 Å². The normalized spacial score (nSPS) is 18.4. The molecule has 1 rings (SSSR count). The monoisotopic (exact) mass is 200 g/mol. The Kier molecular flexibility index (Phi) is 2.87. The lowest BCUT2D eigenvalue weighted by molar-refractivity contribution is 0.114. The zero-order valence-electron chi connectivity index (χ0n) is 9.31. The standard InChI is InChI=1S/C10H20O2Si/c1-10(2,3)12-13(4,5)9-7-6-8-11-9/h7H,6,8H2,1-5H3. The highest BCUT2D eigenvalue weighted by Gasteiger charge is 2.35. The number of rotatable bonds is 2. The molecule has 0 radical (unpaired) electrons. The quantitative estimate of drug-likeness (QED) is 0.638. The SMILES string of the molecule is CC(C)(C)O[Si](C)(C)C1=CCCO1. The van der Waals surface area contributed by atoms with Crippen molar-refractivity contribution in [3.05, 3.63) is 11.5 Å². The molecule has 1 aliphatic heterocycles. The van der Waals surface area contributed by atoms with Crippen molar-refractivity contribution in [2.75, 3.05) is 6.61 Å². The average Bonchev–Trinajstić information content (AvgIpc) is 2.29. The van der Waals surface area contributed by atoms with Gasteiger partial charge in [0.25, 0.3) is 8.32 Å². The van der Waals surface area contributed by atoms with Gasteiger partial charge in [0.2, 0.25) is 0 Å². The van der Waals surface area contributed by atoms with Crippen molar-refractivity contribution < 1.29 is 9.16 Å². The minimum Gasteiger partial charge on any atom is -0.500 e. The summed E-state index contributed by atoms with van der Waals surface area (Å²) in [4.78, 5) is 0. The Hall–Kier alpha value is -0.283. The summed E-state index contributed by atoms with van der Waals surface area (Å²) in [5.41, 5.74) is -0.0670. The van der Waals surface area contributed by atoms with E-state index in [9.17, 15) is 0 Å². The van der Waals surface area contributed by atoms with Crippen LogP contribution in [0.2, 0.25) is 13.1 Å². The fraction of sp³-hybridized carbons (Fsp3) is 0.800. The molecular weight excluding hydrogens is 180 g/mol. The van der Waals surface area contributed by atoms with Crippen molar-refractivity contribution in [3.8, 4) is 0 Å². The second-order valence-electron chi connectivity index (χ2n) is 4.93. The van der Waals surface area contributed by atoms with E-state index in [1.165, 1.54) is 0 Å². The Morgan fingerprint density at radius 2 is 2.00 bits per heavy atom. The second kappa shape index (κ2) is 3.46. The number of hydrogen-bond acceptors (Lipinski definition) is 2. The molecule has 0 spiro atoms. The topological polar surface area (TPSA) is 18.5 Å². The van der Waals surface area contributed by atoms with Crippen LogP contribution in [-0.4, -0.2) is 20.5 Å². The van der Waals surface area contributed by atoms with Gasteiger partial charge in [0.05, 0.1) is 6.61 Å². The van der Waals surface area contributed by atoms with Crippen molar-refractivity contribution in [1.82, 2.24) is 0 Å². The third-order valence-corrected chi connectivity index (χ3v) is 4.52. The molecule has 0 aromatic carbocycles. The van der Waals surface area contributed by atoms with Gasteiger partial charge >= 0.3 is 0 Å². The second-order valence-corrected chi connectivity index (χ2v) is 8.65. The summed E-state index contributed by atoms with van der Waals surface area (Å²) in [6.45, 7) is 11.5. The molecule has 0 bridgehead atoms. The van der Waals surface area contributed by atoms with E-state index in [0.29, 0.717) is 0 Å². The molecule has 3 heteroatoms. The smallest absolute Gasteiger partial charge is 0.257 e. The van der Waals surface area contributed by atoms with Gasteiger partial charge < -0.3 is 9.16 Å². The van der Waals surface area contributed by atoms with Gasteiger partial charge in [-0.3, -0.25) is 0 Å². The van der Waals surface area contributed by atoms with Crippen molar-refractivity contribution in [3.63, 3.8) is 0 Å². The molecule has 76 valence electrons. The molecule has 0 N–H and O–H groups in total. The van der Waals surface area contributed by atoms with E-state index < -0.39 is 8.32 Å². The van der Waals surface area contributed by atoms with Gasteiger partial charge in [0.1, 0.15) is 5.38 Å². The lowest BCUT2D eigenvalue weighted by Crippen LogP contribution is -2.41. The zero-order valence-corrected chi connectivity index (χ0v) is 10.3. The maximum Gasteiger partial charge on any atom is 0.257 e. The fourth-order valence-electron chi connectivity index (χ4n) is 1.65. The summed E-state index contributed by atoms with van der Waals surface area (Å²) >= 11 is 0. The maximum atomic E-state index is 6.05. The summed E-state index contributed by atoms with van der Waals surface area (Å²) < 4.78 is 11.6. The van der Waals surface area contributed by atoms with Gasteiger partial charge in [-0.2, -0.15) is 0 Å². The first-order valence-electron chi connectivity index (χ1n) is 4.85. The maximum absolute atomic E-state index is 6.05. The summed E-state index contributed by atoms with van der Waals surface area (Å²) in [5, 5.41) is 1.11. The highest BCUT2D eigenvalue weighted by atomic mass is 28.4. The Labute approximate surface area is 82.1 Å². The van der Waals surface area contributed by atoms with Gasteiger partial charge in [0, 0.05) is 12.0 Å². The van der Waals surface area contributed by atoms with E-state index in [2.05, 4.69) is 39.9 Å². The van der Waals surface area contributed by atoms with Crippen LogP contribution in [0.1, 0.15) is 27.2 Å². The van der Waals surface area contributed by atoms with E-state index in [1.54, 1.807) is 0 Å². The molecule has 0 unspecified atom stereocenters. The highest BCUT2D eigenvalue weighted by molar-refractivity contribution is 6.78. The molecule has 0 aromatic rings. The van der Waals surface area contributed by atoms with E-state index >= 15 is 0 Å². The van der Waals surface area contributed by atoms with Crippen LogP contribution in [0.5, 0.6) is 0 Å². The van der Waals surface area contributed by atoms with Crippen LogP contribution in [0.25, 0.3) is 0 Å². The zero-order chi connectivity index (χ0) is 10.1. The Morgan fingerprint density at radius 3 is 2.38 bits per heavy atom. The van der Waals surface area contributed by atoms with Crippen LogP contribution in [0.4, 0.5) is 0 Å². The number of ether oxygens (including phenoxy) is 1. The Balaban J connectivity index is 2.65. The predicted octanol–water partition coefficient (Wildman–Crippen LogP) is 2.85. The lowest BCUT2D eigenvalue weighted by Gasteiger charge is -2.32. The molecule has 0 atom stereocenters. The Bertz CT molecular complexity index is 213. The summed E-state index contributed by atoms with van der Waals surface area (Å²) in [6.07, 6.45) is 3.22. The average molecular weight is 200 g/mol. The molecule has 0 fully saturated rings. The molecule has 0 aromatic heterocycles. The molecule has 0 amide bonds. The van der Waals surface area contributed by atoms with Crippen molar-refractivity contribution in [1.29, 1.82) is 0 Å². The fourth-order valence-corrected chi connectivity index (χ4v) is 4.37. The molecule has 2 nitrogen and oxygen atoms in total. The minimum absolute atomic E-state index is 0.0670. The number of hydrogen-bond donors (Lipinski definition) is 0. The van der Waals surface area contributed by atoms with Crippen LogP contribution in [0.15, 0.2) is 11.5 Å². The van der Waals surface area contributed by atoms with Crippen LogP contribution < -0.4 is 0 Å². The largest absolute Gasteiger partial charge is 0.500 e. The first-order valence-corrected chi connectivity index (χ1v) is 7.76. The summed E-state index contributed by atoms with van der Waals surface area (Å²) in [7, 11) is -1.77. The van der Waals surface area contributed by atoms with Gasteiger partial charge in [-0.25, -0.2) is 0 Å². The molecule has 0 saturated heterocycles. The third-order valence-electron chi connectivity index (χ3n) is 1.86. The van der Waals surface area contributed by atoms with Gasteiger partial charge in [-0.15, -0.1) is 0 Å². The Morgan fingerprint density at radius 1 is 1.38 bits per heavy atom. The van der Waals surface area contributed by atoms with Crippen LogP contribution in [0.3, 0.4) is 0 Å². The third kappa shape index (κ3) is 3.16. The van der Waals surface area contributed by atoms with E-state index in [1.807, 2.05) is 0 Å². The van der Waals surface area contributed by atoms with Gasteiger partial charge in [-0.1, -0.05) is 0 Å². The lowest BCUT2D eigenvalue weighted by atomic mass is 10.2. The minimum atomic E-state index is -1.77. The van der Waals surface area contributed by atoms with Crippen LogP contribution >= 0.6 is 0 Å². The molecular formula is C10H20O2Si. The predicted molar refractivity (Wildman–Crippen MR) is 57.0 cm³/mol. The molecule has 1 aliphatic rings.